The predicted molar refractivity (Wildman–Crippen MR) is 124 cm³/mol. The van der Waals surface area contributed by atoms with Gasteiger partial charge in [-0.25, -0.2) is 0 Å². The zero-order valence-corrected chi connectivity index (χ0v) is 17.7. The number of rotatable bonds is 5. The van der Waals surface area contributed by atoms with Crippen molar-refractivity contribution in [2.24, 2.45) is 0 Å². The summed E-state index contributed by atoms with van der Waals surface area (Å²) in [7, 11) is 0. The first kappa shape index (κ1) is 20.2. The van der Waals surface area contributed by atoms with E-state index in [1.54, 1.807) is 28.8 Å². The van der Waals surface area contributed by atoms with Crippen LogP contribution in [0.25, 0.3) is 22.2 Å². The first-order valence-corrected chi connectivity index (χ1v) is 10.2. The number of hydrogen-bond acceptors (Lipinski definition) is 5. The first-order valence-electron chi connectivity index (χ1n) is 9.47. The van der Waals surface area contributed by atoms with Gasteiger partial charge in [0.15, 0.2) is 5.65 Å². The zero-order chi connectivity index (χ0) is 21.3. The molecular weight excluding hydrogens is 421 g/mol. The van der Waals surface area contributed by atoms with Crippen LogP contribution in [0.15, 0.2) is 59.4 Å². The molecule has 0 saturated carbocycles. The van der Waals surface area contributed by atoms with Crippen LogP contribution in [0, 0.1) is 0 Å². The summed E-state index contributed by atoms with van der Waals surface area (Å²) in [4.78, 5) is 22.3. The second-order valence-corrected chi connectivity index (χ2v) is 7.59. The van der Waals surface area contributed by atoms with E-state index in [0.29, 0.717) is 44.7 Å². The third-order valence-corrected chi connectivity index (χ3v) is 5.31. The first-order chi connectivity index (χ1) is 14.5. The van der Waals surface area contributed by atoms with Gasteiger partial charge in [0.1, 0.15) is 5.82 Å². The molecule has 0 spiro atoms. The number of nitrogens with one attached hydrogen (secondary N) is 1. The molecule has 6 nitrogen and oxygen atoms in total. The molecule has 4 aromatic rings. The highest BCUT2D eigenvalue weighted by Crippen LogP contribution is 2.34. The molecule has 30 heavy (non-hydrogen) atoms. The van der Waals surface area contributed by atoms with Gasteiger partial charge in [0.25, 0.3) is 5.56 Å². The number of aromatic nitrogens is 3. The van der Waals surface area contributed by atoms with Crippen LogP contribution in [0.1, 0.15) is 13.3 Å². The largest absolute Gasteiger partial charge is 0.383 e. The summed E-state index contributed by atoms with van der Waals surface area (Å²) >= 11 is 12.7. The van der Waals surface area contributed by atoms with Gasteiger partial charge in [-0.1, -0.05) is 54.4 Å². The number of anilines is 3. The minimum absolute atomic E-state index is 0.233. The molecule has 152 valence electrons. The molecule has 0 bridgehead atoms. The molecule has 2 heterocycles. The van der Waals surface area contributed by atoms with E-state index in [4.69, 9.17) is 28.9 Å². The van der Waals surface area contributed by atoms with Crippen molar-refractivity contribution < 1.29 is 0 Å². The molecule has 0 aliphatic heterocycles. The molecule has 4 rings (SSSR count). The number of para-hydroxylation sites is 1. The summed E-state index contributed by atoms with van der Waals surface area (Å²) in [6.45, 7) is 2.45. The SMILES string of the molecule is CCCn1c(=O)c(-c2c(Cl)cccc2Cl)cc2c(N)nc(Nc3ccccc3)nc21. The number of benzene rings is 2. The number of halogens is 2. The van der Waals surface area contributed by atoms with Crippen molar-refractivity contribution in [1.29, 1.82) is 0 Å². The Morgan fingerprint density at radius 1 is 1.03 bits per heavy atom. The van der Waals surface area contributed by atoms with Crippen LogP contribution in [-0.4, -0.2) is 14.5 Å². The Kier molecular flexibility index (Phi) is 5.61. The number of aryl methyl sites for hydroxylation is 1. The van der Waals surface area contributed by atoms with Crippen LogP contribution < -0.4 is 16.6 Å². The molecule has 0 saturated heterocycles. The zero-order valence-electron chi connectivity index (χ0n) is 16.2. The minimum atomic E-state index is -0.233. The van der Waals surface area contributed by atoms with Gasteiger partial charge >= 0.3 is 0 Å². The average Bonchev–Trinajstić information content (AvgIpc) is 2.72. The molecular formula is C22H19Cl2N5O. The number of hydrogen-bond donors (Lipinski definition) is 2. The van der Waals surface area contributed by atoms with E-state index >= 15 is 0 Å². The smallest absolute Gasteiger partial charge is 0.260 e. The average molecular weight is 440 g/mol. The van der Waals surface area contributed by atoms with Gasteiger partial charge < -0.3 is 11.1 Å². The summed E-state index contributed by atoms with van der Waals surface area (Å²) in [6, 6.07) is 16.3. The van der Waals surface area contributed by atoms with Crippen molar-refractivity contribution in [1.82, 2.24) is 14.5 Å². The van der Waals surface area contributed by atoms with Gasteiger partial charge in [0, 0.05) is 17.8 Å². The van der Waals surface area contributed by atoms with Gasteiger partial charge in [-0.2, -0.15) is 9.97 Å². The fourth-order valence-electron chi connectivity index (χ4n) is 3.34. The molecule has 2 aromatic carbocycles. The summed E-state index contributed by atoms with van der Waals surface area (Å²) in [5.41, 5.74) is 8.16. The van der Waals surface area contributed by atoms with E-state index in [9.17, 15) is 4.79 Å². The van der Waals surface area contributed by atoms with Crippen LogP contribution >= 0.6 is 23.2 Å². The molecule has 2 aromatic heterocycles. The van der Waals surface area contributed by atoms with Crippen LogP contribution in [0.5, 0.6) is 0 Å². The molecule has 0 aliphatic carbocycles. The molecule has 0 unspecified atom stereocenters. The number of nitrogen functional groups attached to an aromatic ring is 1. The van der Waals surface area contributed by atoms with Crippen molar-refractivity contribution in [2.75, 3.05) is 11.1 Å². The summed E-state index contributed by atoms with van der Waals surface area (Å²) in [6.07, 6.45) is 0.736. The lowest BCUT2D eigenvalue weighted by atomic mass is 10.1. The second kappa shape index (κ2) is 8.34. The van der Waals surface area contributed by atoms with Crippen molar-refractivity contribution in [2.45, 2.75) is 19.9 Å². The Bertz CT molecular complexity index is 1270. The second-order valence-electron chi connectivity index (χ2n) is 6.77. The highest BCUT2D eigenvalue weighted by molar-refractivity contribution is 6.39. The van der Waals surface area contributed by atoms with Crippen LogP contribution in [0.3, 0.4) is 0 Å². The highest BCUT2D eigenvalue weighted by atomic mass is 35.5. The topological polar surface area (TPSA) is 85.8 Å². The van der Waals surface area contributed by atoms with Gasteiger partial charge in [0.05, 0.1) is 21.0 Å². The van der Waals surface area contributed by atoms with Crippen molar-refractivity contribution in [3.05, 3.63) is 75.0 Å². The lowest BCUT2D eigenvalue weighted by Gasteiger charge is -2.15. The van der Waals surface area contributed by atoms with E-state index in [0.717, 1.165) is 12.1 Å². The number of nitrogens with zero attached hydrogens (tertiary/aromatic N) is 3. The monoisotopic (exact) mass is 439 g/mol. The van der Waals surface area contributed by atoms with Gasteiger partial charge in [-0.15, -0.1) is 0 Å². The Morgan fingerprint density at radius 2 is 1.73 bits per heavy atom. The van der Waals surface area contributed by atoms with Gasteiger partial charge in [0.2, 0.25) is 5.95 Å². The highest BCUT2D eigenvalue weighted by Gasteiger charge is 2.19. The van der Waals surface area contributed by atoms with Crippen molar-refractivity contribution in [3.63, 3.8) is 0 Å². The quantitative estimate of drug-likeness (QED) is 0.428. The standard InChI is InChI=1S/C22H19Cl2N5O/c1-2-11-29-20-15(12-14(21(29)30)18-16(23)9-6-10-17(18)24)19(25)27-22(28-20)26-13-7-4-3-5-8-13/h3-10,12H,2,11H2,1H3,(H3,25,26,27,28). The Hall–Kier alpha value is -3.09. The summed E-state index contributed by atoms with van der Waals surface area (Å²) in [5, 5.41) is 4.48. The Balaban J connectivity index is 1.96. The molecule has 0 atom stereocenters. The number of fused-ring (bicyclic) bond motifs is 1. The van der Waals surface area contributed by atoms with Crippen molar-refractivity contribution >= 4 is 51.7 Å². The third-order valence-electron chi connectivity index (χ3n) is 4.68. The van der Waals surface area contributed by atoms with E-state index < -0.39 is 0 Å². The van der Waals surface area contributed by atoms with E-state index in [1.165, 1.54) is 0 Å². The van der Waals surface area contributed by atoms with Gasteiger partial charge in [-0.3, -0.25) is 9.36 Å². The van der Waals surface area contributed by atoms with Crippen LogP contribution in [0.2, 0.25) is 10.0 Å². The van der Waals surface area contributed by atoms with Crippen LogP contribution in [0.4, 0.5) is 17.5 Å². The molecule has 0 radical (unpaired) electrons. The van der Waals surface area contributed by atoms with E-state index in [2.05, 4.69) is 15.3 Å². The van der Waals surface area contributed by atoms with Gasteiger partial charge in [-0.05, 0) is 36.8 Å². The third kappa shape index (κ3) is 3.72. The normalized spacial score (nSPS) is 11.0. The van der Waals surface area contributed by atoms with Crippen LogP contribution in [-0.2, 0) is 6.54 Å². The minimum Gasteiger partial charge on any atom is -0.383 e. The molecule has 8 heteroatoms. The maximum atomic E-state index is 13.4. The molecule has 0 amide bonds. The number of pyridine rings is 1. The molecule has 0 fully saturated rings. The summed E-state index contributed by atoms with van der Waals surface area (Å²) < 4.78 is 1.60. The van der Waals surface area contributed by atoms with E-state index in [-0.39, 0.29) is 11.4 Å². The fraction of sp³-hybridized carbons (Fsp3) is 0.136. The maximum absolute atomic E-state index is 13.4. The van der Waals surface area contributed by atoms with Crippen molar-refractivity contribution in [3.8, 4) is 11.1 Å². The summed E-state index contributed by atoms with van der Waals surface area (Å²) in [5.74, 6) is 0.576. The fourth-order valence-corrected chi connectivity index (χ4v) is 3.94. The molecule has 3 N–H and O–H groups in total. The number of nitrogens with two attached hydrogens (primary N) is 1. The Morgan fingerprint density at radius 3 is 2.40 bits per heavy atom. The Labute approximate surface area is 183 Å². The molecule has 0 aliphatic rings. The predicted octanol–water partition coefficient (Wildman–Crippen LogP) is 5.50. The van der Waals surface area contributed by atoms with E-state index in [1.807, 2.05) is 37.3 Å². The lowest BCUT2D eigenvalue weighted by molar-refractivity contribution is 0.673. The lowest BCUT2D eigenvalue weighted by Crippen LogP contribution is -2.24. The maximum Gasteiger partial charge on any atom is 0.260 e.